The van der Waals surface area contributed by atoms with Crippen LogP contribution < -0.4 is 9.04 Å². The first-order valence-electron chi connectivity index (χ1n) is 13.9. The second kappa shape index (κ2) is 11.4. The van der Waals surface area contributed by atoms with Gasteiger partial charge in [-0.05, 0) is 47.9 Å². The van der Waals surface area contributed by atoms with Gasteiger partial charge in [-0.1, -0.05) is 66.7 Å². The Morgan fingerprint density at radius 1 is 0.907 bits per heavy atom. The first-order chi connectivity index (χ1) is 20.8. The third-order valence-electron chi connectivity index (χ3n) is 7.60. The van der Waals surface area contributed by atoms with Crippen molar-refractivity contribution in [3.05, 3.63) is 126 Å². The molecular weight excluding hydrogens is 564 g/mol. The maximum atomic E-state index is 14.0. The molecule has 1 aromatic heterocycles. The number of nitrogens with zero attached hydrogens (tertiary/aromatic N) is 2. The number of ether oxygens (including phenoxy) is 2. The van der Waals surface area contributed by atoms with E-state index in [1.54, 1.807) is 71.4 Å². The summed E-state index contributed by atoms with van der Waals surface area (Å²) >= 11 is 0. The number of sulfonamides is 1. The van der Waals surface area contributed by atoms with Gasteiger partial charge in [-0.3, -0.25) is 18.5 Å². The van der Waals surface area contributed by atoms with E-state index in [9.17, 15) is 18.0 Å². The highest BCUT2D eigenvalue weighted by Crippen LogP contribution is 2.49. The van der Waals surface area contributed by atoms with Crippen molar-refractivity contribution in [1.82, 2.24) is 4.57 Å². The van der Waals surface area contributed by atoms with Gasteiger partial charge < -0.3 is 9.47 Å². The Bertz CT molecular complexity index is 1920. The van der Waals surface area contributed by atoms with Crippen molar-refractivity contribution in [2.75, 3.05) is 17.5 Å². The van der Waals surface area contributed by atoms with Gasteiger partial charge in [0.05, 0.1) is 22.7 Å². The number of anilines is 1. The molecule has 0 bridgehead atoms. The molecule has 5 aromatic rings. The number of esters is 1. The summed E-state index contributed by atoms with van der Waals surface area (Å²) in [4.78, 5) is 25.8. The minimum atomic E-state index is -3.98. The maximum Gasteiger partial charge on any atom is 0.302 e. The smallest absolute Gasteiger partial charge is 0.302 e. The number of carbonyl (C=O) groups is 2. The zero-order valence-electron chi connectivity index (χ0n) is 23.8. The second-order valence-corrected chi connectivity index (χ2v) is 12.4. The first-order valence-corrected chi connectivity index (χ1v) is 15.4. The van der Waals surface area contributed by atoms with Gasteiger partial charge in [0.15, 0.2) is 0 Å². The van der Waals surface area contributed by atoms with Crippen LogP contribution in [-0.2, 0) is 26.2 Å². The zero-order chi connectivity index (χ0) is 30.1. The molecule has 0 unspecified atom stereocenters. The van der Waals surface area contributed by atoms with E-state index < -0.39 is 21.9 Å². The van der Waals surface area contributed by atoms with E-state index in [0.29, 0.717) is 33.5 Å². The van der Waals surface area contributed by atoms with E-state index in [2.05, 4.69) is 0 Å². The highest BCUT2D eigenvalue weighted by molar-refractivity contribution is 7.92. The molecule has 218 valence electrons. The van der Waals surface area contributed by atoms with Crippen LogP contribution in [0.4, 0.5) is 5.69 Å². The zero-order valence-corrected chi connectivity index (χ0v) is 24.6. The Balaban J connectivity index is 1.58. The van der Waals surface area contributed by atoms with Crippen molar-refractivity contribution in [3.63, 3.8) is 0 Å². The van der Waals surface area contributed by atoms with Crippen LogP contribution in [0.3, 0.4) is 0 Å². The maximum absolute atomic E-state index is 14.0. The average Bonchev–Trinajstić information content (AvgIpc) is 3.57. The molecule has 0 radical (unpaired) electrons. The molecule has 0 saturated carbocycles. The quantitative estimate of drug-likeness (QED) is 0.202. The molecule has 1 aliphatic rings. The molecule has 4 aromatic carbocycles. The number of aryl methyl sites for hydroxylation is 1. The number of hydrogen-bond acceptors (Lipinski definition) is 6. The van der Waals surface area contributed by atoms with Crippen molar-refractivity contribution < 1.29 is 27.5 Å². The molecule has 2 heterocycles. The molecule has 0 N–H and O–H groups in total. The number of aromatic nitrogens is 1. The van der Waals surface area contributed by atoms with Gasteiger partial charge in [0.2, 0.25) is 0 Å². The van der Waals surface area contributed by atoms with Crippen molar-refractivity contribution in [3.8, 4) is 5.75 Å². The third kappa shape index (κ3) is 5.28. The second-order valence-electron chi connectivity index (χ2n) is 10.5. The lowest BCUT2D eigenvalue weighted by Crippen LogP contribution is -2.30. The van der Waals surface area contributed by atoms with Crippen LogP contribution >= 0.6 is 0 Å². The summed E-state index contributed by atoms with van der Waals surface area (Å²) in [5.74, 6) is -0.800. The SMILES string of the molecule is CC(=O)OC[C@H]1CN(S(=O)(=O)c2ccccc2)c2cc(OCc3ccccc3)c3c(c(C)cn3C(=O)c3ccccc3)c21. The fraction of sp³-hybridized carbons (Fsp3) is 0.176. The number of carbonyl (C=O) groups excluding carboxylic acids is 2. The number of hydrogen-bond donors (Lipinski definition) is 0. The summed E-state index contributed by atoms with van der Waals surface area (Å²) in [5, 5.41) is 0.702. The van der Waals surface area contributed by atoms with Gasteiger partial charge in [0.25, 0.3) is 15.9 Å². The Morgan fingerprint density at radius 2 is 1.53 bits per heavy atom. The Hall–Kier alpha value is -4.89. The van der Waals surface area contributed by atoms with Gasteiger partial charge in [-0.2, -0.15) is 0 Å². The van der Waals surface area contributed by atoms with Gasteiger partial charge in [-0.25, -0.2) is 8.42 Å². The molecule has 0 spiro atoms. The molecule has 1 atom stereocenters. The van der Waals surface area contributed by atoms with Crippen LogP contribution in [0.15, 0.2) is 108 Å². The van der Waals surface area contributed by atoms with Gasteiger partial charge >= 0.3 is 5.97 Å². The monoisotopic (exact) mass is 594 g/mol. The standard InChI is InChI=1S/C34H30N2O6S/c1-23-19-35(34(38)26-14-8-4-9-15-26)33-30(42-21-25-12-6-3-7-13-25)18-29-32(31(23)33)27(22-41-24(2)37)20-36(29)43(39,40)28-16-10-5-11-17-28/h3-19,27H,20-22H2,1-2H3/t27-/m1/s1. The van der Waals surface area contributed by atoms with Crippen LogP contribution in [0.25, 0.3) is 10.9 Å². The van der Waals surface area contributed by atoms with Gasteiger partial charge in [0.1, 0.15) is 12.4 Å². The van der Waals surface area contributed by atoms with Gasteiger partial charge in [-0.15, -0.1) is 0 Å². The highest BCUT2D eigenvalue weighted by Gasteiger charge is 2.40. The average molecular weight is 595 g/mol. The van der Waals surface area contributed by atoms with Crippen LogP contribution in [0, 0.1) is 6.92 Å². The van der Waals surface area contributed by atoms with Gasteiger partial charge in [0, 0.05) is 42.6 Å². The Labute approximate surface area is 250 Å². The van der Waals surface area contributed by atoms with E-state index in [1.165, 1.54) is 11.2 Å². The minimum Gasteiger partial charge on any atom is -0.487 e. The fourth-order valence-corrected chi connectivity index (χ4v) is 7.19. The topological polar surface area (TPSA) is 94.9 Å². The summed E-state index contributed by atoms with van der Waals surface area (Å²) in [6, 6.07) is 28.5. The molecule has 9 heteroatoms. The lowest BCUT2D eigenvalue weighted by atomic mass is 9.96. The largest absolute Gasteiger partial charge is 0.487 e. The number of benzene rings is 4. The molecule has 6 rings (SSSR count). The summed E-state index contributed by atoms with van der Waals surface area (Å²) < 4.78 is 42.8. The van der Waals surface area contributed by atoms with Crippen LogP contribution in [-0.4, -0.2) is 38.0 Å². The lowest BCUT2D eigenvalue weighted by Gasteiger charge is -2.21. The lowest BCUT2D eigenvalue weighted by molar-refractivity contribution is -0.141. The molecule has 43 heavy (non-hydrogen) atoms. The van der Waals surface area contributed by atoms with Crippen molar-refractivity contribution in [1.29, 1.82) is 0 Å². The van der Waals surface area contributed by atoms with Crippen molar-refractivity contribution in [2.24, 2.45) is 0 Å². The predicted molar refractivity (Wildman–Crippen MR) is 164 cm³/mol. The molecule has 8 nitrogen and oxygen atoms in total. The Morgan fingerprint density at radius 3 is 2.19 bits per heavy atom. The predicted octanol–water partition coefficient (Wildman–Crippen LogP) is 6.07. The summed E-state index contributed by atoms with van der Waals surface area (Å²) in [6.07, 6.45) is 1.76. The fourth-order valence-electron chi connectivity index (χ4n) is 5.65. The van der Waals surface area contributed by atoms with E-state index in [0.717, 1.165) is 11.1 Å². The van der Waals surface area contributed by atoms with Crippen LogP contribution in [0.5, 0.6) is 5.75 Å². The molecule has 1 aliphatic heterocycles. The molecule has 0 saturated heterocycles. The van der Waals surface area contributed by atoms with Crippen molar-refractivity contribution in [2.45, 2.75) is 31.3 Å². The van der Waals surface area contributed by atoms with Crippen LogP contribution in [0.2, 0.25) is 0 Å². The summed E-state index contributed by atoms with van der Waals surface area (Å²) in [6.45, 7) is 3.47. The van der Waals surface area contributed by atoms with Crippen LogP contribution in [0.1, 0.15) is 39.9 Å². The number of rotatable bonds is 8. The van der Waals surface area contributed by atoms with E-state index in [-0.39, 0.29) is 30.6 Å². The summed E-state index contributed by atoms with van der Waals surface area (Å²) in [7, 11) is -3.98. The highest BCUT2D eigenvalue weighted by atomic mass is 32.2. The van der Waals surface area contributed by atoms with Crippen molar-refractivity contribution >= 4 is 38.5 Å². The molecule has 0 aliphatic carbocycles. The van der Waals surface area contributed by atoms with E-state index in [1.807, 2.05) is 43.3 Å². The first kappa shape index (κ1) is 28.2. The molecule has 0 fully saturated rings. The third-order valence-corrected chi connectivity index (χ3v) is 9.39. The number of fused-ring (bicyclic) bond motifs is 3. The van der Waals surface area contributed by atoms with E-state index >= 15 is 0 Å². The molecule has 0 amide bonds. The van der Waals surface area contributed by atoms with E-state index in [4.69, 9.17) is 9.47 Å². The molecular formula is C34H30N2O6S. The summed E-state index contributed by atoms with van der Waals surface area (Å²) in [5.41, 5.74) is 3.85. The minimum absolute atomic E-state index is 0.0142. The normalized spacial score (nSPS) is 14.5. The Kier molecular flexibility index (Phi) is 7.50.